The number of hydrogen-bond acceptors (Lipinski definition) is 15. The van der Waals surface area contributed by atoms with Crippen LogP contribution in [0, 0.1) is 11.8 Å². The highest BCUT2D eigenvalue weighted by Crippen LogP contribution is 2.45. The van der Waals surface area contributed by atoms with Crippen molar-refractivity contribution in [1.82, 2.24) is 0 Å². The highest BCUT2D eigenvalue weighted by molar-refractivity contribution is 7.47. The Morgan fingerprint density at radius 2 is 0.537 bits per heavy atom. The molecule has 0 aliphatic heterocycles. The highest BCUT2D eigenvalue weighted by Gasteiger charge is 2.30. The Labute approximate surface area is 581 Å². The van der Waals surface area contributed by atoms with Gasteiger partial charge in [0, 0.05) is 25.7 Å². The average Bonchev–Trinajstić information content (AvgIpc) is 2.01. The quantitative estimate of drug-likeness (QED) is 0.0222. The van der Waals surface area contributed by atoms with Crippen molar-refractivity contribution in [1.29, 1.82) is 0 Å². The fraction of sp³-hybridized carbons (Fsp3) is 0.947. The molecular weight excluding hydrogens is 1250 g/mol. The first kappa shape index (κ1) is 93.1. The molecule has 0 saturated carbocycles. The fourth-order valence-electron chi connectivity index (χ4n) is 11.6. The summed E-state index contributed by atoms with van der Waals surface area (Å²) in [6.45, 7) is 9.53. The molecule has 0 heterocycles. The van der Waals surface area contributed by atoms with E-state index in [0.29, 0.717) is 31.6 Å². The van der Waals surface area contributed by atoms with Crippen molar-refractivity contribution >= 4 is 39.5 Å². The number of unbranched alkanes of at least 4 members (excludes halogenated alkanes) is 44. The number of ether oxygens (including phenoxy) is 4. The summed E-state index contributed by atoms with van der Waals surface area (Å²) >= 11 is 0. The first-order valence-electron chi connectivity index (χ1n) is 39.5. The van der Waals surface area contributed by atoms with Gasteiger partial charge in [-0.3, -0.25) is 37.3 Å². The Hall–Kier alpha value is -1.94. The van der Waals surface area contributed by atoms with Gasteiger partial charge in [0.1, 0.15) is 19.3 Å². The van der Waals surface area contributed by atoms with Gasteiger partial charge in [0.05, 0.1) is 26.4 Å². The number of carbonyl (C=O) groups excluding carboxylic acids is 4. The smallest absolute Gasteiger partial charge is 0.462 e. The minimum atomic E-state index is -4.96. The summed E-state index contributed by atoms with van der Waals surface area (Å²) in [6.07, 6.45) is 55.7. The number of aliphatic hydroxyl groups is 1. The van der Waals surface area contributed by atoms with Gasteiger partial charge in [-0.2, -0.15) is 0 Å². The molecular formula is C76H148O17P2. The van der Waals surface area contributed by atoms with E-state index in [1.807, 2.05) is 0 Å². The monoisotopic (exact) mass is 1400 g/mol. The van der Waals surface area contributed by atoms with E-state index in [9.17, 15) is 43.2 Å². The molecule has 0 spiro atoms. The zero-order chi connectivity index (χ0) is 70.0. The summed E-state index contributed by atoms with van der Waals surface area (Å²) < 4.78 is 68.4. The van der Waals surface area contributed by atoms with Crippen LogP contribution in [0.3, 0.4) is 0 Å². The van der Waals surface area contributed by atoms with E-state index < -0.39 is 97.5 Å². The van der Waals surface area contributed by atoms with Crippen LogP contribution < -0.4 is 0 Å². The van der Waals surface area contributed by atoms with Gasteiger partial charge in [0.25, 0.3) is 0 Å². The summed E-state index contributed by atoms with van der Waals surface area (Å²) in [5.41, 5.74) is 0. The molecule has 0 fully saturated rings. The van der Waals surface area contributed by atoms with Crippen molar-refractivity contribution in [3.63, 3.8) is 0 Å². The molecule has 3 unspecified atom stereocenters. The number of phosphoric ester groups is 2. The normalized spacial score (nSPS) is 14.3. The number of rotatable bonds is 75. The molecule has 95 heavy (non-hydrogen) atoms. The number of esters is 4. The molecule has 564 valence electrons. The van der Waals surface area contributed by atoms with E-state index in [0.717, 1.165) is 102 Å². The molecule has 0 bridgehead atoms. The van der Waals surface area contributed by atoms with Crippen LogP contribution in [0.5, 0.6) is 0 Å². The van der Waals surface area contributed by atoms with Crippen LogP contribution in [0.15, 0.2) is 0 Å². The largest absolute Gasteiger partial charge is 0.472 e. The molecule has 6 atom stereocenters. The predicted octanol–water partition coefficient (Wildman–Crippen LogP) is 22.3. The molecule has 0 amide bonds. The second-order valence-electron chi connectivity index (χ2n) is 28.1. The molecule has 0 radical (unpaired) electrons. The molecule has 17 nitrogen and oxygen atoms in total. The molecule has 0 aromatic carbocycles. The van der Waals surface area contributed by atoms with Crippen LogP contribution in [0.2, 0.25) is 0 Å². The second kappa shape index (κ2) is 67.9. The summed E-state index contributed by atoms with van der Waals surface area (Å²) in [5.74, 6) is -0.636. The lowest BCUT2D eigenvalue weighted by atomic mass is 9.99. The molecule has 3 N–H and O–H groups in total. The number of phosphoric acid groups is 2. The van der Waals surface area contributed by atoms with Crippen molar-refractivity contribution < 1.29 is 80.2 Å². The van der Waals surface area contributed by atoms with E-state index in [2.05, 4.69) is 41.5 Å². The minimum Gasteiger partial charge on any atom is -0.462 e. The van der Waals surface area contributed by atoms with E-state index in [4.69, 9.17) is 37.0 Å². The topological polar surface area (TPSA) is 237 Å². The summed E-state index contributed by atoms with van der Waals surface area (Å²) in [5, 5.41) is 10.6. The minimum absolute atomic E-state index is 0.106. The predicted molar refractivity (Wildman–Crippen MR) is 386 cm³/mol. The first-order chi connectivity index (χ1) is 45.9. The van der Waals surface area contributed by atoms with Gasteiger partial charge in [-0.05, 0) is 37.5 Å². The van der Waals surface area contributed by atoms with Gasteiger partial charge in [-0.15, -0.1) is 0 Å². The SMILES string of the molecule is CCCCCCCCCCCCCCCCCCCCCCCCC(=O)O[C@H](COC(=O)CCCCCCCCCCC(C)CC)COP(=O)(O)OC[C@@H](O)COP(=O)(O)OC[C@@H](COC(=O)CCCCCCCCCC(C)C)OC(=O)CCCCCCCCCCCCC. The average molecular weight is 1400 g/mol. The number of hydrogen-bond donors (Lipinski definition) is 3. The van der Waals surface area contributed by atoms with Crippen LogP contribution in [-0.2, 0) is 65.4 Å². The van der Waals surface area contributed by atoms with Crippen molar-refractivity contribution in [3.05, 3.63) is 0 Å². The number of carbonyl (C=O) groups is 4. The van der Waals surface area contributed by atoms with Crippen LogP contribution in [0.4, 0.5) is 0 Å². The zero-order valence-corrected chi connectivity index (χ0v) is 63.8. The van der Waals surface area contributed by atoms with Crippen molar-refractivity contribution in [3.8, 4) is 0 Å². The van der Waals surface area contributed by atoms with Crippen molar-refractivity contribution in [2.24, 2.45) is 11.8 Å². The number of aliphatic hydroxyl groups excluding tert-OH is 1. The van der Waals surface area contributed by atoms with Crippen LogP contribution in [0.1, 0.15) is 395 Å². The molecule has 0 rings (SSSR count). The third-order valence-corrected chi connectivity index (χ3v) is 20.0. The van der Waals surface area contributed by atoms with E-state index in [-0.39, 0.29) is 25.7 Å². The lowest BCUT2D eigenvalue weighted by Crippen LogP contribution is -2.30. The maximum Gasteiger partial charge on any atom is 0.472 e. The van der Waals surface area contributed by atoms with E-state index in [1.54, 1.807) is 0 Å². The molecule has 0 aromatic heterocycles. The Bertz CT molecular complexity index is 1840. The summed E-state index contributed by atoms with van der Waals surface area (Å²) in [6, 6.07) is 0. The van der Waals surface area contributed by atoms with Gasteiger partial charge in [-0.25, -0.2) is 9.13 Å². The van der Waals surface area contributed by atoms with Gasteiger partial charge in [0.15, 0.2) is 12.2 Å². The van der Waals surface area contributed by atoms with Gasteiger partial charge >= 0.3 is 39.5 Å². The van der Waals surface area contributed by atoms with Crippen LogP contribution in [-0.4, -0.2) is 96.7 Å². The molecule has 0 aromatic rings. The Balaban J connectivity index is 5.17. The molecule has 0 saturated heterocycles. The van der Waals surface area contributed by atoms with Gasteiger partial charge in [0.2, 0.25) is 0 Å². The summed E-state index contributed by atoms with van der Waals surface area (Å²) in [7, 11) is -9.91. The molecule has 0 aliphatic carbocycles. The third-order valence-electron chi connectivity index (χ3n) is 18.1. The highest BCUT2D eigenvalue weighted by atomic mass is 31.2. The summed E-state index contributed by atoms with van der Waals surface area (Å²) in [4.78, 5) is 72.7. The maximum atomic E-state index is 13.1. The Morgan fingerprint density at radius 3 is 0.800 bits per heavy atom. The van der Waals surface area contributed by atoms with Gasteiger partial charge < -0.3 is 33.8 Å². The molecule has 0 aliphatic rings. The second-order valence-corrected chi connectivity index (χ2v) is 31.0. The van der Waals surface area contributed by atoms with E-state index >= 15 is 0 Å². The Morgan fingerprint density at radius 1 is 0.305 bits per heavy atom. The first-order valence-corrected chi connectivity index (χ1v) is 42.5. The van der Waals surface area contributed by atoms with E-state index in [1.165, 1.54) is 205 Å². The van der Waals surface area contributed by atoms with Crippen molar-refractivity contribution in [2.45, 2.75) is 413 Å². The van der Waals surface area contributed by atoms with Crippen LogP contribution in [0.25, 0.3) is 0 Å². The Kier molecular flexibility index (Phi) is 66.5. The van der Waals surface area contributed by atoms with Crippen molar-refractivity contribution in [2.75, 3.05) is 39.6 Å². The zero-order valence-electron chi connectivity index (χ0n) is 62.0. The molecule has 19 heteroatoms. The third kappa shape index (κ3) is 69.0. The lowest BCUT2D eigenvalue weighted by molar-refractivity contribution is -0.161. The maximum absolute atomic E-state index is 13.1. The standard InChI is InChI=1S/C76H148O17P2/c1-7-10-12-14-16-18-20-21-22-23-24-25-26-27-28-29-30-32-34-42-49-55-61-76(81)92-71(64-86-73(78)58-52-46-40-36-35-39-45-51-57-69(6)9-3)66-90-94(82,83)88-62-70(77)63-89-95(84,85)91-67-72(65-87-74(79)59-53-47-43-37-38-44-50-56-68(4)5)93-75(80)60-54-48-41-33-31-19-17-15-13-11-8-2/h68-72,77H,7-67H2,1-6H3,(H,82,83)(H,84,85)/t69?,70-,71-,72-/m1/s1. The van der Waals surface area contributed by atoms with Gasteiger partial charge in [-0.1, -0.05) is 343 Å². The van der Waals surface area contributed by atoms with Crippen LogP contribution >= 0.6 is 15.6 Å². The fourth-order valence-corrected chi connectivity index (χ4v) is 13.2. The lowest BCUT2D eigenvalue weighted by Gasteiger charge is -2.21.